The maximum Gasteiger partial charge on any atom is 0.439 e. The highest BCUT2D eigenvalue weighted by Crippen LogP contribution is 2.42. The lowest BCUT2D eigenvalue weighted by atomic mass is 9.96. The summed E-state index contributed by atoms with van der Waals surface area (Å²) in [4.78, 5) is 20.3. The summed E-state index contributed by atoms with van der Waals surface area (Å²) in [5.74, 6) is -5.04. The van der Waals surface area contributed by atoms with Gasteiger partial charge in [-0.1, -0.05) is 24.2 Å². The number of nitrogens with zero attached hydrogens (tertiary/aromatic N) is 3. The van der Waals surface area contributed by atoms with Gasteiger partial charge < -0.3 is 9.47 Å². The van der Waals surface area contributed by atoms with Gasteiger partial charge in [0.1, 0.15) is 16.9 Å². The van der Waals surface area contributed by atoms with Crippen molar-refractivity contribution in [2.75, 3.05) is 13.1 Å². The molecule has 0 saturated carbocycles. The summed E-state index contributed by atoms with van der Waals surface area (Å²) in [7, 11) is 0. The average Bonchev–Trinajstić information content (AvgIpc) is 3.62. The molecule has 1 aliphatic rings. The monoisotopic (exact) mass is 696 g/mol. The Labute approximate surface area is 264 Å². The summed E-state index contributed by atoms with van der Waals surface area (Å²) in [6, 6.07) is 5.81. The minimum atomic E-state index is -4.57. The third-order valence-corrected chi connectivity index (χ3v) is 8.73. The van der Waals surface area contributed by atoms with Crippen LogP contribution in [0.5, 0.6) is 11.5 Å². The van der Waals surface area contributed by atoms with Crippen molar-refractivity contribution in [1.29, 1.82) is 0 Å². The van der Waals surface area contributed by atoms with Crippen molar-refractivity contribution in [3.05, 3.63) is 68.9 Å². The molecule has 8 nitrogen and oxygen atoms in total. The Balaban J connectivity index is 1.49. The van der Waals surface area contributed by atoms with Gasteiger partial charge in [-0.25, -0.2) is 14.2 Å². The van der Waals surface area contributed by atoms with Crippen LogP contribution in [-0.4, -0.2) is 45.9 Å². The quantitative estimate of drug-likeness (QED) is 0.167. The average molecular weight is 697 g/mol. The Morgan fingerprint density at radius 1 is 1.04 bits per heavy atom. The lowest BCUT2D eigenvalue weighted by Gasteiger charge is -2.32. The Morgan fingerprint density at radius 3 is 2.28 bits per heavy atom. The summed E-state index contributed by atoms with van der Waals surface area (Å²) < 4.78 is 136. The van der Waals surface area contributed by atoms with E-state index in [-0.39, 0.29) is 55.3 Å². The van der Waals surface area contributed by atoms with Crippen molar-refractivity contribution >= 4 is 11.3 Å². The Bertz CT molecular complexity index is 1730. The molecule has 0 radical (unpaired) electrons. The fourth-order valence-electron chi connectivity index (χ4n) is 5.11. The predicted octanol–water partition coefficient (Wildman–Crippen LogP) is 8.22. The van der Waals surface area contributed by atoms with Crippen molar-refractivity contribution in [3.8, 4) is 33.5 Å². The van der Waals surface area contributed by atoms with E-state index in [4.69, 9.17) is 4.74 Å². The van der Waals surface area contributed by atoms with E-state index in [1.807, 2.05) is 0 Å². The second-order valence-corrected chi connectivity index (χ2v) is 11.6. The largest absolute Gasteiger partial charge is 0.482 e. The van der Waals surface area contributed by atoms with Crippen LogP contribution in [0.1, 0.15) is 48.4 Å². The van der Waals surface area contributed by atoms with Crippen LogP contribution in [-0.2, 0) is 12.7 Å². The summed E-state index contributed by atoms with van der Waals surface area (Å²) in [5.41, 5.74) is -0.565. The van der Waals surface area contributed by atoms with Gasteiger partial charge >= 0.3 is 24.7 Å². The third-order valence-electron chi connectivity index (χ3n) is 7.49. The molecule has 3 heterocycles. The number of benzene rings is 2. The molecule has 0 amide bonds. The molecule has 1 fully saturated rings. The second-order valence-electron chi connectivity index (χ2n) is 10.6. The predicted molar refractivity (Wildman–Crippen MR) is 149 cm³/mol. The van der Waals surface area contributed by atoms with Gasteiger partial charge in [-0.3, -0.25) is 14.4 Å². The van der Waals surface area contributed by atoms with E-state index in [1.165, 1.54) is 12.1 Å². The first-order valence-corrected chi connectivity index (χ1v) is 14.9. The zero-order chi connectivity index (χ0) is 34.1. The van der Waals surface area contributed by atoms with Crippen LogP contribution in [0.25, 0.3) is 22.0 Å². The number of hydrogen-bond donors (Lipinski definition) is 1. The number of likely N-dealkylation sites (tertiary alicyclic amines) is 1. The second kappa shape index (κ2) is 13.6. The molecule has 0 aliphatic carbocycles. The first-order valence-electron chi connectivity index (χ1n) is 14.1. The molecule has 4 aromatic rings. The Kier molecular flexibility index (Phi) is 9.91. The highest BCUT2D eigenvalue weighted by molar-refractivity contribution is 7.15. The van der Waals surface area contributed by atoms with Crippen molar-refractivity contribution < 1.29 is 53.5 Å². The van der Waals surface area contributed by atoms with Gasteiger partial charge in [-0.15, -0.1) is 11.3 Å². The Morgan fingerprint density at radius 2 is 1.72 bits per heavy atom. The molecule has 2 aromatic carbocycles. The number of piperidine rings is 1. The van der Waals surface area contributed by atoms with E-state index in [1.54, 1.807) is 11.8 Å². The third kappa shape index (κ3) is 8.09. The van der Waals surface area contributed by atoms with Crippen LogP contribution in [0, 0.1) is 11.7 Å². The van der Waals surface area contributed by atoms with Gasteiger partial charge in [0.25, 0.3) is 0 Å². The highest BCUT2D eigenvalue weighted by Gasteiger charge is 2.41. The number of alkyl halides is 8. The van der Waals surface area contributed by atoms with Crippen LogP contribution < -0.4 is 15.2 Å². The van der Waals surface area contributed by atoms with E-state index in [9.17, 15) is 39.9 Å². The van der Waals surface area contributed by atoms with Gasteiger partial charge in [0.2, 0.25) is 0 Å². The molecule has 1 N–H and O–H groups in total. The topological polar surface area (TPSA) is 93.5 Å². The molecular weight excluding hydrogens is 671 g/mol. The first kappa shape index (κ1) is 34.3. The van der Waals surface area contributed by atoms with Crippen molar-refractivity contribution in [2.45, 2.75) is 57.8 Å². The number of hydrogen-bond acceptors (Lipinski definition) is 8. The normalized spacial score (nSPS) is 15.7. The lowest BCUT2D eigenvalue weighted by Crippen LogP contribution is -2.38. The van der Waals surface area contributed by atoms with Crippen molar-refractivity contribution in [1.82, 2.24) is 20.0 Å². The van der Waals surface area contributed by atoms with Crippen LogP contribution in [0.2, 0.25) is 0 Å². The number of ether oxygens (including phenoxy) is 2. The number of aromatic amines is 1. The van der Waals surface area contributed by atoms with Crippen LogP contribution >= 0.6 is 11.3 Å². The fraction of sp³-hybridized carbons (Fsp3) is 0.414. The molecule has 1 atom stereocenters. The Hall–Kier alpha value is -4.06. The summed E-state index contributed by atoms with van der Waals surface area (Å²) in [6.07, 6.45) is -9.99. The number of halogens is 9. The van der Waals surface area contributed by atoms with Gasteiger partial charge in [0.05, 0.1) is 27.6 Å². The number of H-pyrrole nitrogens is 1. The summed E-state index contributed by atoms with van der Waals surface area (Å²) in [5, 5.41) is 3.65. The zero-order valence-corrected chi connectivity index (χ0v) is 25.0. The number of rotatable bonds is 10. The van der Waals surface area contributed by atoms with Crippen LogP contribution in [0.15, 0.2) is 45.7 Å². The maximum atomic E-state index is 15.4. The smallest absolute Gasteiger partial charge is 0.439 e. The number of nitrogens with one attached hydrogen (secondary N) is 1. The van der Waals surface area contributed by atoms with Crippen LogP contribution in [0.4, 0.5) is 39.5 Å². The van der Waals surface area contributed by atoms with E-state index >= 15 is 4.39 Å². The fourth-order valence-corrected chi connectivity index (χ4v) is 6.30. The summed E-state index contributed by atoms with van der Waals surface area (Å²) in [6.45, 7) is -1.42. The molecule has 5 rings (SSSR count). The minimum Gasteiger partial charge on any atom is -0.482 e. The minimum absolute atomic E-state index is 0.0671. The van der Waals surface area contributed by atoms with E-state index in [0.29, 0.717) is 16.1 Å². The van der Waals surface area contributed by atoms with Gasteiger partial charge in [-0.2, -0.15) is 35.1 Å². The number of thiazole rings is 1. The molecule has 0 spiro atoms. The number of aromatic nitrogens is 3. The molecule has 1 aliphatic heterocycles. The van der Waals surface area contributed by atoms with E-state index in [0.717, 1.165) is 35.6 Å². The SMILES string of the molecule is CCC(Oc1cc(OC(F)F)c(-c2noc(=O)[nH]2)cc1F)c1sc(-c2ccc(C(F)(F)F)cc2)nc1CN1CCC(C(F)(F)F)CC1. The van der Waals surface area contributed by atoms with Crippen molar-refractivity contribution in [3.63, 3.8) is 0 Å². The van der Waals surface area contributed by atoms with Gasteiger partial charge in [0, 0.05) is 18.2 Å². The molecule has 254 valence electrons. The molecule has 1 saturated heterocycles. The maximum absolute atomic E-state index is 15.4. The van der Waals surface area contributed by atoms with Crippen LogP contribution in [0.3, 0.4) is 0 Å². The highest BCUT2D eigenvalue weighted by atomic mass is 32.1. The molecule has 0 bridgehead atoms. The molecule has 18 heteroatoms. The molecule has 1 unspecified atom stereocenters. The molecule has 47 heavy (non-hydrogen) atoms. The van der Waals surface area contributed by atoms with E-state index in [2.05, 4.69) is 24.4 Å². The lowest BCUT2D eigenvalue weighted by molar-refractivity contribution is -0.185. The standard InChI is InChI=1S/C29H25F9N4O4S/c1-2-20(44-22-12-21(45-26(31)32)17(11-18(22)30)24-40-27(43)46-41-24)23-19(13-42-9-7-16(8-10-42)29(36,37)38)39-25(47-23)14-3-5-15(6-4-14)28(33,34)35/h3-6,11-12,16,20,26H,2,7-10,13H2,1H3,(H,40,41,43). The molecule has 2 aromatic heterocycles. The van der Waals surface area contributed by atoms with E-state index < -0.39 is 59.6 Å². The first-order chi connectivity index (χ1) is 22.1. The van der Waals surface area contributed by atoms with Crippen molar-refractivity contribution in [2.24, 2.45) is 5.92 Å². The zero-order valence-electron chi connectivity index (χ0n) is 24.2. The van der Waals surface area contributed by atoms with Gasteiger partial charge in [-0.05, 0) is 50.6 Å². The summed E-state index contributed by atoms with van der Waals surface area (Å²) >= 11 is 1.03. The molecular formula is C29H25F9N4O4S. The van der Waals surface area contributed by atoms with Gasteiger partial charge in [0.15, 0.2) is 17.4 Å².